The van der Waals surface area contributed by atoms with Crippen molar-refractivity contribution in [1.29, 1.82) is 0 Å². The molecule has 1 atom stereocenters. The van der Waals surface area contributed by atoms with Gasteiger partial charge in [0.25, 0.3) is 0 Å². The van der Waals surface area contributed by atoms with Crippen LogP contribution in [0.3, 0.4) is 0 Å². The molecular weight excluding hydrogens is 188 g/mol. The quantitative estimate of drug-likeness (QED) is 0.806. The van der Waals surface area contributed by atoms with E-state index in [-0.39, 0.29) is 0 Å². The summed E-state index contributed by atoms with van der Waals surface area (Å²) in [5.74, 6) is 0.846. The molecular formula is C12H18N2O. The fourth-order valence-corrected chi connectivity index (χ4v) is 2.05. The van der Waals surface area contributed by atoms with Crippen molar-refractivity contribution in [2.75, 3.05) is 13.7 Å². The number of aromatic nitrogens is 1. The van der Waals surface area contributed by atoms with Gasteiger partial charge in [-0.2, -0.15) is 0 Å². The van der Waals surface area contributed by atoms with Crippen LogP contribution >= 0.6 is 0 Å². The van der Waals surface area contributed by atoms with Gasteiger partial charge in [-0.15, -0.1) is 0 Å². The maximum absolute atomic E-state index is 5.19. The summed E-state index contributed by atoms with van der Waals surface area (Å²) in [4.78, 5) is 4.20. The van der Waals surface area contributed by atoms with E-state index in [0.717, 1.165) is 12.3 Å². The van der Waals surface area contributed by atoms with E-state index in [1.54, 1.807) is 13.3 Å². The van der Waals surface area contributed by atoms with E-state index in [2.05, 4.69) is 16.4 Å². The second-order valence-electron chi connectivity index (χ2n) is 4.01. The maximum Gasteiger partial charge on any atom is 0.137 e. The number of ether oxygens (including phenoxy) is 1. The molecule has 1 saturated heterocycles. The molecule has 2 rings (SSSR count). The second-order valence-corrected chi connectivity index (χ2v) is 4.01. The first-order valence-electron chi connectivity index (χ1n) is 5.62. The Morgan fingerprint density at radius 2 is 2.27 bits per heavy atom. The third kappa shape index (κ3) is 2.69. The van der Waals surface area contributed by atoms with Gasteiger partial charge in [-0.1, -0.05) is 12.8 Å². The smallest absolute Gasteiger partial charge is 0.137 e. The molecule has 1 aliphatic rings. The summed E-state index contributed by atoms with van der Waals surface area (Å²) in [6.45, 7) is 1.11. The molecule has 0 spiro atoms. The van der Waals surface area contributed by atoms with Crippen LogP contribution in [-0.2, 0) is 0 Å². The average molecular weight is 206 g/mol. The Morgan fingerprint density at radius 3 is 3.13 bits per heavy atom. The van der Waals surface area contributed by atoms with Gasteiger partial charge in [-0.05, 0) is 31.0 Å². The van der Waals surface area contributed by atoms with Crippen LogP contribution in [0.2, 0.25) is 0 Å². The first-order valence-corrected chi connectivity index (χ1v) is 5.62. The molecule has 0 saturated carbocycles. The molecule has 2 heterocycles. The van der Waals surface area contributed by atoms with E-state index in [4.69, 9.17) is 4.74 Å². The Balaban J connectivity index is 2.12. The number of nitrogens with one attached hydrogen (secondary N) is 1. The minimum Gasteiger partial charge on any atom is -0.495 e. The highest BCUT2D eigenvalue weighted by atomic mass is 16.5. The minimum absolute atomic E-state index is 0.454. The molecule has 1 unspecified atom stereocenters. The van der Waals surface area contributed by atoms with Gasteiger partial charge in [0, 0.05) is 12.2 Å². The van der Waals surface area contributed by atoms with Crippen LogP contribution in [-0.4, -0.2) is 18.6 Å². The summed E-state index contributed by atoms with van der Waals surface area (Å²) in [5.41, 5.74) is 1.25. The van der Waals surface area contributed by atoms with Crippen molar-refractivity contribution < 1.29 is 4.74 Å². The summed E-state index contributed by atoms with van der Waals surface area (Å²) in [6, 6.07) is 2.53. The molecule has 0 aromatic carbocycles. The average Bonchev–Trinajstić information content (AvgIpc) is 2.58. The van der Waals surface area contributed by atoms with Crippen molar-refractivity contribution >= 4 is 0 Å². The van der Waals surface area contributed by atoms with Crippen LogP contribution in [0.4, 0.5) is 0 Å². The standard InChI is InChI=1S/C12H18N2O/c1-15-11-7-10(8-13-9-11)12-5-3-2-4-6-14-12/h7-9,12,14H,2-6H2,1H3. The third-order valence-electron chi connectivity index (χ3n) is 2.93. The van der Waals surface area contributed by atoms with E-state index < -0.39 is 0 Å². The molecule has 0 bridgehead atoms. The zero-order chi connectivity index (χ0) is 10.5. The van der Waals surface area contributed by atoms with Crippen LogP contribution in [0, 0.1) is 0 Å². The van der Waals surface area contributed by atoms with Gasteiger partial charge in [0.05, 0.1) is 13.3 Å². The molecule has 0 aliphatic carbocycles. The van der Waals surface area contributed by atoms with Gasteiger partial charge in [-0.25, -0.2) is 0 Å². The molecule has 1 aromatic rings. The highest BCUT2D eigenvalue weighted by Gasteiger charge is 2.14. The molecule has 15 heavy (non-hydrogen) atoms. The molecule has 1 N–H and O–H groups in total. The van der Waals surface area contributed by atoms with Crippen molar-refractivity contribution in [2.45, 2.75) is 31.7 Å². The molecule has 0 amide bonds. The lowest BCUT2D eigenvalue weighted by molar-refractivity contribution is 0.410. The lowest BCUT2D eigenvalue weighted by Crippen LogP contribution is -2.20. The van der Waals surface area contributed by atoms with Crippen molar-refractivity contribution in [2.24, 2.45) is 0 Å². The minimum atomic E-state index is 0.454. The first kappa shape index (κ1) is 10.4. The van der Waals surface area contributed by atoms with Gasteiger partial charge in [-0.3, -0.25) is 4.98 Å². The predicted octanol–water partition coefficient (Wildman–Crippen LogP) is 2.29. The molecule has 0 radical (unpaired) electrons. The highest BCUT2D eigenvalue weighted by molar-refractivity contribution is 5.26. The maximum atomic E-state index is 5.19. The molecule has 1 aliphatic heterocycles. The fraction of sp³-hybridized carbons (Fsp3) is 0.583. The SMILES string of the molecule is COc1cncc(C2CCCCCN2)c1. The van der Waals surface area contributed by atoms with E-state index in [1.165, 1.54) is 31.2 Å². The predicted molar refractivity (Wildman–Crippen MR) is 60.0 cm³/mol. The van der Waals surface area contributed by atoms with E-state index in [1.807, 2.05) is 6.20 Å². The second kappa shape index (κ2) is 5.12. The summed E-state index contributed by atoms with van der Waals surface area (Å²) in [7, 11) is 1.68. The summed E-state index contributed by atoms with van der Waals surface area (Å²) in [6.07, 6.45) is 8.81. The Hall–Kier alpha value is -1.09. The number of hydrogen-bond donors (Lipinski definition) is 1. The molecule has 3 heteroatoms. The van der Waals surface area contributed by atoms with Gasteiger partial charge < -0.3 is 10.1 Å². The zero-order valence-corrected chi connectivity index (χ0v) is 9.20. The Bertz CT molecular complexity index is 306. The van der Waals surface area contributed by atoms with Crippen molar-refractivity contribution in [1.82, 2.24) is 10.3 Å². The first-order chi connectivity index (χ1) is 7.40. The lowest BCUT2D eigenvalue weighted by Gasteiger charge is -2.16. The molecule has 3 nitrogen and oxygen atoms in total. The van der Waals surface area contributed by atoms with E-state index in [9.17, 15) is 0 Å². The Labute approximate surface area is 90.9 Å². The Kier molecular flexibility index (Phi) is 3.56. The van der Waals surface area contributed by atoms with Crippen LogP contribution in [0.1, 0.15) is 37.3 Å². The molecule has 1 aromatic heterocycles. The van der Waals surface area contributed by atoms with Crippen LogP contribution in [0.15, 0.2) is 18.5 Å². The van der Waals surface area contributed by atoms with Crippen molar-refractivity contribution in [3.8, 4) is 5.75 Å². The van der Waals surface area contributed by atoms with Crippen LogP contribution in [0.5, 0.6) is 5.75 Å². The normalized spacial score (nSPS) is 22.1. The largest absolute Gasteiger partial charge is 0.495 e. The number of methoxy groups -OCH3 is 1. The third-order valence-corrected chi connectivity index (χ3v) is 2.93. The number of hydrogen-bond acceptors (Lipinski definition) is 3. The van der Waals surface area contributed by atoms with Gasteiger partial charge >= 0.3 is 0 Å². The summed E-state index contributed by atoms with van der Waals surface area (Å²) >= 11 is 0. The van der Waals surface area contributed by atoms with Gasteiger partial charge in [0.1, 0.15) is 5.75 Å². The molecule has 1 fully saturated rings. The monoisotopic (exact) mass is 206 g/mol. The van der Waals surface area contributed by atoms with Crippen molar-refractivity contribution in [3.63, 3.8) is 0 Å². The van der Waals surface area contributed by atoms with E-state index >= 15 is 0 Å². The van der Waals surface area contributed by atoms with Gasteiger partial charge in [0.15, 0.2) is 0 Å². The summed E-state index contributed by atoms with van der Waals surface area (Å²) in [5, 5.41) is 3.55. The summed E-state index contributed by atoms with van der Waals surface area (Å²) < 4.78 is 5.19. The van der Waals surface area contributed by atoms with E-state index in [0.29, 0.717) is 6.04 Å². The van der Waals surface area contributed by atoms with Crippen LogP contribution < -0.4 is 10.1 Å². The van der Waals surface area contributed by atoms with Crippen LogP contribution in [0.25, 0.3) is 0 Å². The fourth-order valence-electron chi connectivity index (χ4n) is 2.05. The number of rotatable bonds is 2. The number of nitrogens with zero attached hydrogens (tertiary/aromatic N) is 1. The van der Waals surface area contributed by atoms with Crippen molar-refractivity contribution in [3.05, 3.63) is 24.0 Å². The zero-order valence-electron chi connectivity index (χ0n) is 9.20. The topological polar surface area (TPSA) is 34.1 Å². The number of pyridine rings is 1. The van der Waals surface area contributed by atoms with Gasteiger partial charge in [0.2, 0.25) is 0 Å². The highest BCUT2D eigenvalue weighted by Crippen LogP contribution is 2.24. The Morgan fingerprint density at radius 1 is 1.33 bits per heavy atom. The lowest BCUT2D eigenvalue weighted by atomic mass is 10.0. The molecule has 82 valence electrons.